The van der Waals surface area contributed by atoms with Crippen molar-refractivity contribution >= 4 is 17.5 Å². The Bertz CT molecular complexity index is 447. The molecule has 98 valence electrons. The van der Waals surface area contributed by atoms with Crippen LogP contribution in [0.3, 0.4) is 0 Å². The number of allylic oxidation sites excluding steroid dienone is 2. The van der Waals surface area contributed by atoms with Crippen molar-refractivity contribution in [3.05, 3.63) is 11.1 Å². The van der Waals surface area contributed by atoms with Crippen LogP contribution in [-0.2, 0) is 19.1 Å². The number of ether oxygens (including phenoxy) is 1. The van der Waals surface area contributed by atoms with Crippen molar-refractivity contribution in [3.8, 4) is 0 Å². The maximum atomic E-state index is 12.0. The van der Waals surface area contributed by atoms with Crippen molar-refractivity contribution in [3.63, 3.8) is 0 Å². The van der Waals surface area contributed by atoms with E-state index in [9.17, 15) is 14.4 Å². The zero-order valence-electron chi connectivity index (χ0n) is 10.9. The second-order valence-corrected chi connectivity index (χ2v) is 5.21. The molecule has 0 heterocycles. The molecule has 2 aliphatic rings. The Hall–Kier alpha value is -1.45. The highest BCUT2D eigenvalue weighted by Gasteiger charge is 2.46. The number of rotatable bonds is 3. The molecule has 0 aromatic heterocycles. The third-order valence-corrected chi connectivity index (χ3v) is 4.24. The van der Waals surface area contributed by atoms with Gasteiger partial charge in [0.1, 0.15) is 5.78 Å². The molecule has 0 amide bonds. The summed E-state index contributed by atoms with van der Waals surface area (Å²) in [7, 11) is 1.34. The van der Waals surface area contributed by atoms with Crippen LogP contribution < -0.4 is 0 Å². The van der Waals surface area contributed by atoms with Gasteiger partial charge in [0, 0.05) is 24.7 Å². The Balaban J connectivity index is 2.27. The zero-order valence-corrected chi connectivity index (χ0v) is 10.9. The van der Waals surface area contributed by atoms with Crippen molar-refractivity contribution in [2.75, 3.05) is 7.11 Å². The maximum absolute atomic E-state index is 12.0. The molecule has 2 rings (SSSR count). The molecule has 1 unspecified atom stereocenters. The highest BCUT2D eigenvalue weighted by atomic mass is 16.5. The number of Topliss-reactive ketones (excluding diaryl/α,β-unsaturated/α-hetero) is 2. The van der Waals surface area contributed by atoms with Gasteiger partial charge in [-0.25, -0.2) is 0 Å². The summed E-state index contributed by atoms with van der Waals surface area (Å²) in [5, 5.41) is 0. The molecule has 4 heteroatoms. The number of ketones is 2. The van der Waals surface area contributed by atoms with Crippen LogP contribution in [0.4, 0.5) is 0 Å². The fraction of sp³-hybridized carbons (Fsp3) is 0.643. The normalized spacial score (nSPS) is 27.4. The minimum atomic E-state index is -0.445. The van der Waals surface area contributed by atoms with E-state index in [2.05, 4.69) is 4.74 Å². The lowest BCUT2D eigenvalue weighted by molar-refractivity contribution is -0.140. The van der Waals surface area contributed by atoms with E-state index < -0.39 is 5.41 Å². The summed E-state index contributed by atoms with van der Waals surface area (Å²) in [6.07, 6.45) is 2.87. The van der Waals surface area contributed by atoms with Crippen molar-refractivity contribution in [2.45, 2.75) is 45.4 Å². The van der Waals surface area contributed by atoms with E-state index in [1.54, 1.807) is 0 Å². The summed E-state index contributed by atoms with van der Waals surface area (Å²) < 4.78 is 4.59. The molecule has 0 aliphatic heterocycles. The van der Waals surface area contributed by atoms with Crippen LogP contribution in [0.15, 0.2) is 11.1 Å². The highest BCUT2D eigenvalue weighted by molar-refractivity contribution is 6.03. The van der Waals surface area contributed by atoms with Gasteiger partial charge in [-0.15, -0.1) is 0 Å². The minimum absolute atomic E-state index is 0.0982. The summed E-state index contributed by atoms with van der Waals surface area (Å²) in [6.45, 7) is 1.93. The number of methoxy groups -OCH3 is 1. The fourth-order valence-electron chi connectivity index (χ4n) is 3.03. The lowest BCUT2D eigenvalue weighted by Gasteiger charge is -2.31. The standard InChI is InChI=1S/C14H18O4/c1-14-8-7-11(15)9(3-6-13(17)18-2)10(14)4-5-12(14)16/h3-8H2,1-2H3. The molecule has 18 heavy (non-hydrogen) atoms. The van der Waals surface area contributed by atoms with Crippen molar-refractivity contribution < 1.29 is 19.1 Å². The molecule has 0 aromatic rings. The zero-order chi connectivity index (χ0) is 13.3. The summed E-state index contributed by atoms with van der Waals surface area (Å²) >= 11 is 0. The first-order valence-electron chi connectivity index (χ1n) is 6.35. The molecule has 1 saturated carbocycles. The molecule has 4 nitrogen and oxygen atoms in total. The van der Waals surface area contributed by atoms with E-state index in [1.165, 1.54) is 7.11 Å². The number of hydrogen-bond acceptors (Lipinski definition) is 4. The Labute approximate surface area is 106 Å². The van der Waals surface area contributed by atoms with Gasteiger partial charge in [-0.05, 0) is 37.3 Å². The first-order chi connectivity index (χ1) is 8.49. The molecule has 1 atom stereocenters. The van der Waals surface area contributed by atoms with Crippen molar-refractivity contribution in [1.82, 2.24) is 0 Å². The molecule has 0 N–H and O–H groups in total. The summed E-state index contributed by atoms with van der Waals surface area (Å²) in [5.74, 6) is 0.0224. The first-order valence-corrected chi connectivity index (χ1v) is 6.35. The molecule has 1 fully saturated rings. The Morgan fingerprint density at radius 2 is 2.00 bits per heavy atom. The largest absolute Gasteiger partial charge is 0.469 e. The predicted octanol–water partition coefficient (Wildman–Crippen LogP) is 1.97. The number of hydrogen-bond donors (Lipinski definition) is 0. The molecular formula is C14H18O4. The average molecular weight is 250 g/mol. The van der Waals surface area contributed by atoms with Crippen LogP contribution in [0.2, 0.25) is 0 Å². The van der Waals surface area contributed by atoms with Gasteiger partial charge >= 0.3 is 5.97 Å². The van der Waals surface area contributed by atoms with E-state index in [-0.39, 0.29) is 24.0 Å². The number of carbonyl (C=O) groups excluding carboxylic acids is 3. The summed E-state index contributed by atoms with van der Waals surface area (Å²) in [4.78, 5) is 35.1. The quantitative estimate of drug-likeness (QED) is 0.718. The number of esters is 1. The summed E-state index contributed by atoms with van der Waals surface area (Å²) in [5.41, 5.74) is 1.24. The van der Waals surface area contributed by atoms with Gasteiger partial charge in [-0.1, -0.05) is 0 Å². The van der Waals surface area contributed by atoms with Gasteiger partial charge in [-0.2, -0.15) is 0 Å². The highest BCUT2D eigenvalue weighted by Crippen LogP contribution is 2.48. The molecule has 0 saturated heterocycles. The van der Waals surface area contributed by atoms with Gasteiger partial charge in [0.15, 0.2) is 5.78 Å². The van der Waals surface area contributed by atoms with Gasteiger partial charge in [-0.3, -0.25) is 14.4 Å². The molecule has 0 bridgehead atoms. The molecule has 0 radical (unpaired) electrons. The van der Waals surface area contributed by atoms with Crippen LogP contribution in [-0.4, -0.2) is 24.6 Å². The topological polar surface area (TPSA) is 60.4 Å². The molecule has 0 aromatic carbocycles. The van der Waals surface area contributed by atoms with E-state index in [0.29, 0.717) is 37.7 Å². The monoisotopic (exact) mass is 250 g/mol. The van der Waals surface area contributed by atoms with Crippen LogP contribution in [0.5, 0.6) is 0 Å². The van der Waals surface area contributed by atoms with E-state index in [0.717, 1.165) is 5.57 Å². The average Bonchev–Trinajstić information content (AvgIpc) is 2.65. The van der Waals surface area contributed by atoms with Gasteiger partial charge in [0.2, 0.25) is 0 Å². The van der Waals surface area contributed by atoms with Gasteiger partial charge in [0.25, 0.3) is 0 Å². The maximum Gasteiger partial charge on any atom is 0.305 e. The lowest BCUT2D eigenvalue weighted by atomic mass is 9.71. The third-order valence-electron chi connectivity index (χ3n) is 4.24. The Morgan fingerprint density at radius 1 is 1.28 bits per heavy atom. The van der Waals surface area contributed by atoms with Crippen molar-refractivity contribution in [1.29, 1.82) is 0 Å². The number of fused-ring (bicyclic) bond motifs is 1. The number of carbonyl (C=O) groups is 3. The fourth-order valence-corrected chi connectivity index (χ4v) is 3.03. The molecule has 2 aliphatic carbocycles. The third kappa shape index (κ3) is 2.00. The minimum Gasteiger partial charge on any atom is -0.469 e. The first kappa shape index (κ1) is 13.0. The summed E-state index contributed by atoms with van der Waals surface area (Å²) in [6, 6.07) is 0. The molecule has 0 spiro atoms. The van der Waals surface area contributed by atoms with E-state index in [4.69, 9.17) is 0 Å². The Morgan fingerprint density at radius 3 is 2.67 bits per heavy atom. The smallest absolute Gasteiger partial charge is 0.305 e. The van der Waals surface area contributed by atoms with Crippen molar-refractivity contribution in [2.24, 2.45) is 5.41 Å². The SMILES string of the molecule is COC(=O)CCC1=C2CCC(=O)C2(C)CCC1=O. The molecular weight excluding hydrogens is 232 g/mol. The lowest BCUT2D eigenvalue weighted by Crippen LogP contribution is -2.30. The van der Waals surface area contributed by atoms with Gasteiger partial charge in [0.05, 0.1) is 7.11 Å². The van der Waals surface area contributed by atoms with Gasteiger partial charge < -0.3 is 4.74 Å². The van der Waals surface area contributed by atoms with E-state index in [1.807, 2.05) is 6.92 Å². The van der Waals surface area contributed by atoms with Crippen LogP contribution >= 0.6 is 0 Å². The Kier molecular flexibility index (Phi) is 3.37. The van der Waals surface area contributed by atoms with Crippen LogP contribution in [0.1, 0.15) is 45.4 Å². The van der Waals surface area contributed by atoms with E-state index >= 15 is 0 Å². The predicted molar refractivity (Wildman–Crippen MR) is 64.9 cm³/mol. The van der Waals surface area contributed by atoms with Crippen LogP contribution in [0, 0.1) is 5.41 Å². The second kappa shape index (κ2) is 4.67. The van der Waals surface area contributed by atoms with Crippen LogP contribution in [0.25, 0.3) is 0 Å². The second-order valence-electron chi connectivity index (χ2n) is 5.21.